The molecule has 1 fully saturated rings. The molecule has 4 heterocycles. The van der Waals surface area contributed by atoms with Gasteiger partial charge in [0.1, 0.15) is 29.1 Å². The molecule has 6 rings (SSSR count). The minimum absolute atomic E-state index is 0.115. The highest BCUT2D eigenvalue weighted by atomic mass is 32.2. The van der Waals surface area contributed by atoms with Gasteiger partial charge in [0.15, 0.2) is 5.78 Å². The molecule has 2 unspecified atom stereocenters. The summed E-state index contributed by atoms with van der Waals surface area (Å²) >= 11 is -1.56. The number of carbonyl (C=O) groups excluding carboxylic acids is 1. The van der Waals surface area contributed by atoms with Crippen LogP contribution in [0.15, 0.2) is 71.7 Å². The van der Waals surface area contributed by atoms with Crippen LogP contribution in [0.25, 0.3) is 11.8 Å². The van der Waals surface area contributed by atoms with Crippen LogP contribution in [-0.2, 0) is 24.8 Å². The molecule has 0 radical (unpaired) electrons. The number of nitrogens with zero attached hydrogens (tertiary/aromatic N) is 7. The Morgan fingerprint density at radius 1 is 1.14 bits per heavy atom. The van der Waals surface area contributed by atoms with Crippen molar-refractivity contribution in [1.29, 1.82) is 0 Å². The van der Waals surface area contributed by atoms with Crippen LogP contribution in [-0.4, -0.2) is 57.5 Å². The molecule has 0 bridgehead atoms. The van der Waals surface area contributed by atoms with Gasteiger partial charge >= 0.3 is 5.03 Å². The van der Waals surface area contributed by atoms with Gasteiger partial charge in [0, 0.05) is 19.8 Å². The fourth-order valence-electron chi connectivity index (χ4n) is 5.03. The summed E-state index contributed by atoms with van der Waals surface area (Å²) in [5.74, 6) is -0.433. The molecule has 9 nitrogen and oxygen atoms in total. The van der Waals surface area contributed by atoms with E-state index in [1.165, 1.54) is 23.1 Å². The quantitative estimate of drug-likeness (QED) is 0.305. The number of ketones is 1. The molecule has 1 saturated heterocycles. The van der Waals surface area contributed by atoms with Crippen LogP contribution in [0.3, 0.4) is 0 Å². The van der Waals surface area contributed by atoms with Gasteiger partial charge < -0.3 is 4.55 Å². The zero-order valence-electron chi connectivity index (χ0n) is 19.4. The summed E-state index contributed by atoms with van der Waals surface area (Å²) in [6.45, 7) is 0.741. The lowest BCUT2D eigenvalue weighted by molar-refractivity contribution is 0.0769. The smallest absolute Gasteiger partial charge is 0.304 e. The second-order valence-electron chi connectivity index (χ2n) is 8.95. The molecule has 4 aromatic rings. The van der Waals surface area contributed by atoms with E-state index in [4.69, 9.17) is 0 Å². The Balaban J connectivity index is 1.42. The molecule has 2 aliphatic rings. The van der Waals surface area contributed by atoms with Gasteiger partial charge in [-0.15, -0.1) is 9.40 Å². The van der Waals surface area contributed by atoms with E-state index in [1.807, 2.05) is 6.08 Å². The molecule has 2 atom stereocenters. The highest BCUT2D eigenvalue weighted by molar-refractivity contribution is 7.89. The number of piperidine rings is 1. The summed E-state index contributed by atoms with van der Waals surface area (Å²) in [5.41, 5.74) is 2.85. The molecule has 0 spiro atoms. The summed E-state index contributed by atoms with van der Waals surface area (Å²) in [5, 5.41) is 13.2. The topological polar surface area (TPSA) is 105 Å². The Morgan fingerprint density at radius 3 is 2.69 bits per heavy atom. The fraction of sp³-hybridized carbons (Fsp3) is 0.240. The van der Waals surface area contributed by atoms with Crippen LogP contribution in [0.5, 0.6) is 0 Å². The molecular weight excluding hydrogens is 481 g/mol. The number of hydrogen-bond acceptors (Lipinski definition) is 7. The number of carbonyl (C=O) groups is 1. The predicted octanol–water partition coefficient (Wildman–Crippen LogP) is 2.77. The predicted molar refractivity (Wildman–Crippen MR) is 130 cm³/mol. The van der Waals surface area contributed by atoms with E-state index in [0.717, 1.165) is 22.5 Å². The first-order chi connectivity index (χ1) is 17.4. The van der Waals surface area contributed by atoms with Crippen LogP contribution < -0.4 is 0 Å². The molecule has 182 valence electrons. The van der Waals surface area contributed by atoms with E-state index in [1.54, 1.807) is 58.8 Å². The van der Waals surface area contributed by atoms with Crippen molar-refractivity contribution in [3.8, 4) is 5.69 Å². The minimum Gasteiger partial charge on any atom is -0.591 e. The Morgan fingerprint density at radius 2 is 1.97 bits per heavy atom. The lowest BCUT2D eigenvalue weighted by Crippen LogP contribution is -2.53. The maximum atomic E-state index is 14.1. The second kappa shape index (κ2) is 8.77. The third kappa shape index (κ3) is 3.76. The molecular formula is C25H22FN7O2S. The second-order valence-corrected chi connectivity index (χ2v) is 10.4. The normalized spacial score (nSPS) is 20.4. The number of aryl methyl sites for hydroxylation is 1. The first-order valence-corrected chi connectivity index (χ1v) is 12.6. The van der Waals surface area contributed by atoms with E-state index in [2.05, 4.69) is 20.3 Å². The van der Waals surface area contributed by atoms with Crippen molar-refractivity contribution >= 4 is 23.2 Å². The van der Waals surface area contributed by atoms with Gasteiger partial charge in [0.05, 0.1) is 29.5 Å². The third-order valence-electron chi connectivity index (χ3n) is 6.78. The van der Waals surface area contributed by atoms with Gasteiger partial charge in [-0.1, -0.05) is 11.6 Å². The summed E-state index contributed by atoms with van der Waals surface area (Å²) < 4.78 is 30.4. The number of hydrogen-bond donors (Lipinski definition) is 0. The number of aromatic nitrogens is 6. The Hall–Kier alpha value is -3.67. The van der Waals surface area contributed by atoms with Crippen LogP contribution in [0, 0.1) is 11.2 Å². The summed E-state index contributed by atoms with van der Waals surface area (Å²) in [7, 11) is 1.67. The summed E-state index contributed by atoms with van der Waals surface area (Å²) in [6, 6.07) is 11.4. The van der Waals surface area contributed by atoms with Crippen molar-refractivity contribution in [3.05, 3.63) is 89.4 Å². The number of fused-ring (bicyclic) bond motifs is 2. The van der Waals surface area contributed by atoms with E-state index in [-0.39, 0.29) is 18.1 Å². The molecule has 1 aromatic carbocycles. The molecule has 36 heavy (non-hydrogen) atoms. The summed E-state index contributed by atoms with van der Waals surface area (Å²) in [6.07, 6.45) is 7.78. The number of Topliss-reactive ketones (excluding diaryl/α,β-unsaturated/α-hetero) is 1. The number of benzene rings is 1. The average Bonchev–Trinajstić information content (AvgIpc) is 3.52. The van der Waals surface area contributed by atoms with Gasteiger partial charge in [-0.3, -0.25) is 9.78 Å². The molecule has 0 saturated carbocycles. The third-order valence-corrected chi connectivity index (χ3v) is 8.10. The van der Waals surface area contributed by atoms with Gasteiger partial charge in [-0.25, -0.2) is 9.07 Å². The van der Waals surface area contributed by atoms with Crippen LogP contribution in [0.2, 0.25) is 0 Å². The number of halogens is 1. The molecule has 1 aliphatic carbocycles. The van der Waals surface area contributed by atoms with Crippen molar-refractivity contribution in [1.82, 2.24) is 34.1 Å². The van der Waals surface area contributed by atoms with Crippen LogP contribution in [0.1, 0.15) is 28.2 Å². The fourth-order valence-corrected chi connectivity index (χ4v) is 6.21. The van der Waals surface area contributed by atoms with E-state index < -0.39 is 16.8 Å². The molecule has 0 N–H and O–H groups in total. The number of rotatable bonds is 5. The van der Waals surface area contributed by atoms with Crippen molar-refractivity contribution in [3.63, 3.8) is 0 Å². The van der Waals surface area contributed by atoms with Gasteiger partial charge in [0.25, 0.3) is 0 Å². The van der Waals surface area contributed by atoms with Crippen LogP contribution in [0.4, 0.5) is 4.39 Å². The van der Waals surface area contributed by atoms with Crippen molar-refractivity contribution in [2.24, 2.45) is 12.5 Å². The zero-order chi connectivity index (χ0) is 24.9. The molecule has 11 heteroatoms. The van der Waals surface area contributed by atoms with Gasteiger partial charge in [-0.05, 0) is 60.9 Å². The standard InChI is InChI=1S/C25H22FN7O2S/c1-31-28-15-23(30-31)36(35)32-11-9-18-12-22-17(14-29-33(22)20-7-5-19(26)6-8-20)13-25(18,16-32)24(34)21-4-2-3-10-27-21/h2-8,10,12,14-15H,9,11,13,16H2,1H3. The van der Waals surface area contributed by atoms with Crippen LogP contribution >= 0.6 is 0 Å². The first kappa shape index (κ1) is 22.8. The highest BCUT2D eigenvalue weighted by Crippen LogP contribution is 2.47. The Kier molecular flexibility index (Phi) is 5.55. The largest absolute Gasteiger partial charge is 0.591 e. The Bertz CT molecular complexity index is 1470. The maximum absolute atomic E-state index is 14.1. The lowest BCUT2D eigenvalue weighted by Gasteiger charge is -2.44. The number of pyridine rings is 1. The zero-order valence-corrected chi connectivity index (χ0v) is 20.2. The van der Waals surface area contributed by atoms with E-state index in [0.29, 0.717) is 30.1 Å². The van der Waals surface area contributed by atoms with E-state index >= 15 is 0 Å². The highest BCUT2D eigenvalue weighted by Gasteiger charge is 2.52. The SMILES string of the molecule is Cn1ncc([S+]([O-])N2CCC3=Cc4c(cnn4-c4ccc(F)cc4)CC3(C(=O)c3ccccn3)C2)n1. The lowest BCUT2D eigenvalue weighted by atomic mass is 9.65. The maximum Gasteiger partial charge on any atom is 0.304 e. The van der Waals surface area contributed by atoms with E-state index in [9.17, 15) is 13.7 Å². The average molecular weight is 504 g/mol. The van der Waals surface area contributed by atoms with Crippen molar-refractivity contribution < 1.29 is 13.7 Å². The molecule has 3 aromatic heterocycles. The van der Waals surface area contributed by atoms with Gasteiger partial charge in [0.2, 0.25) is 0 Å². The molecule has 0 amide bonds. The molecule has 1 aliphatic heterocycles. The van der Waals surface area contributed by atoms with Gasteiger partial charge in [-0.2, -0.15) is 15.0 Å². The minimum atomic E-state index is -1.56. The first-order valence-electron chi connectivity index (χ1n) is 11.5. The Labute approximate surface area is 209 Å². The van der Waals surface area contributed by atoms with Crippen molar-refractivity contribution in [2.75, 3.05) is 13.1 Å². The summed E-state index contributed by atoms with van der Waals surface area (Å²) in [4.78, 5) is 19.8. The monoisotopic (exact) mass is 503 g/mol. The van der Waals surface area contributed by atoms with Crippen molar-refractivity contribution in [2.45, 2.75) is 17.9 Å².